The van der Waals surface area contributed by atoms with Crippen molar-refractivity contribution in [1.82, 2.24) is 5.16 Å². The lowest BCUT2D eigenvalue weighted by atomic mass is 10.1. The Balaban J connectivity index is 1.89. The van der Waals surface area contributed by atoms with Crippen LogP contribution in [0.25, 0.3) is 0 Å². The van der Waals surface area contributed by atoms with Crippen molar-refractivity contribution in [2.75, 3.05) is 16.8 Å². The lowest BCUT2D eigenvalue weighted by Crippen LogP contribution is -2.13. The van der Waals surface area contributed by atoms with Gasteiger partial charge in [0.15, 0.2) is 0 Å². The van der Waals surface area contributed by atoms with Gasteiger partial charge in [-0.2, -0.15) is 0 Å². The van der Waals surface area contributed by atoms with E-state index in [1.54, 1.807) is 6.07 Å². The first-order valence-corrected chi connectivity index (χ1v) is 8.18. The summed E-state index contributed by atoms with van der Waals surface area (Å²) in [6.45, 7) is 4.02. The molecule has 0 spiro atoms. The third kappa shape index (κ3) is 4.50. The predicted octanol–water partition coefficient (Wildman–Crippen LogP) is 3.87. The van der Waals surface area contributed by atoms with E-state index in [2.05, 4.69) is 26.4 Å². The summed E-state index contributed by atoms with van der Waals surface area (Å²) in [5.41, 5.74) is 7.34. The third-order valence-corrected chi connectivity index (χ3v) is 4.30. The van der Waals surface area contributed by atoms with Crippen molar-refractivity contribution < 1.29 is 9.32 Å². The van der Waals surface area contributed by atoms with E-state index in [1.807, 2.05) is 32.0 Å². The molecular weight excluding hydrogens is 354 g/mol. The molecule has 0 aliphatic carbocycles. The molecule has 0 aliphatic heterocycles. The molecule has 2 rings (SSSR count). The Labute approximate surface area is 135 Å². The van der Waals surface area contributed by atoms with Gasteiger partial charge in [0.25, 0.3) is 0 Å². The first kappa shape index (κ1) is 15.9. The minimum Gasteiger partial charge on any atom is -0.398 e. The Morgan fingerprint density at radius 3 is 2.86 bits per heavy atom. The average Bonchev–Trinajstić information content (AvgIpc) is 2.86. The van der Waals surface area contributed by atoms with Gasteiger partial charge in [0.05, 0.1) is 11.4 Å². The summed E-state index contributed by atoms with van der Waals surface area (Å²) < 4.78 is 5.98. The van der Waals surface area contributed by atoms with Crippen LogP contribution in [0.2, 0.25) is 0 Å². The maximum atomic E-state index is 11.9. The third-order valence-electron chi connectivity index (χ3n) is 2.71. The molecule has 0 unspecified atom stereocenters. The highest BCUT2D eigenvalue weighted by Crippen LogP contribution is 2.28. The van der Waals surface area contributed by atoms with Gasteiger partial charge >= 0.3 is 0 Å². The van der Waals surface area contributed by atoms with Crippen molar-refractivity contribution in [3.63, 3.8) is 0 Å². The number of halogens is 1. The maximum Gasteiger partial charge on any atom is 0.237 e. The molecule has 0 atom stereocenters. The average molecular weight is 370 g/mol. The van der Waals surface area contributed by atoms with Crippen LogP contribution in [0.3, 0.4) is 0 Å². The zero-order chi connectivity index (χ0) is 15.4. The fourth-order valence-corrected chi connectivity index (χ4v) is 2.71. The van der Waals surface area contributed by atoms with Crippen molar-refractivity contribution in [3.05, 3.63) is 34.4 Å². The van der Waals surface area contributed by atoms with E-state index in [9.17, 15) is 4.79 Å². The van der Waals surface area contributed by atoms with Gasteiger partial charge < -0.3 is 10.3 Å². The van der Waals surface area contributed by atoms with Gasteiger partial charge in [-0.3, -0.25) is 10.1 Å². The molecule has 7 heteroatoms. The second-order valence-electron chi connectivity index (χ2n) is 4.79. The topological polar surface area (TPSA) is 81.2 Å². The van der Waals surface area contributed by atoms with E-state index in [0.717, 1.165) is 15.1 Å². The standard InChI is InChI=1S/C14H16BrN3O2S/c1-8(2)11-6-14(20-18-11)17-13(19)7-21-12-4-3-9(15)5-10(12)16/h3-6,8H,7,16H2,1-2H3,(H,17,19). The molecule has 2 aromatic rings. The number of nitrogens with two attached hydrogens (primary N) is 1. The second kappa shape index (κ2) is 7.00. The first-order valence-electron chi connectivity index (χ1n) is 6.40. The molecule has 3 N–H and O–H groups in total. The van der Waals surface area contributed by atoms with Crippen LogP contribution in [0.1, 0.15) is 25.5 Å². The van der Waals surface area contributed by atoms with Gasteiger partial charge in [-0.1, -0.05) is 34.9 Å². The van der Waals surface area contributed by atoms with Gasteiger partial charge in [0, 0.05) is 21.1 Å². The van der Waals surface area contributed by atoms with Crippen LogP contribution in [0.5, 0.6) is 0 Å². The minimum absolute atomic E-state index is 0.159. The number of aromatic nitrogens is 1. The number of rotatable bonds is 5. The molecule has 21 heavy (non-hydrogen) atoms. The molecule has 5 nitrogen and oxygen atoms in total. The van der Waals surface area contributed by atoms with E-state index in [0.29, 0.717) is 11.6 Å². The highest BCUT2D eigenvalue weighted by molar-refractivity contribution is 9.10. The molecule has 0 saturated heterocycles. The summed E-state index contributed by atoms with van der Waals surface area (Å²) in [7, 11) is 0. The van der Waals surface area contributed by atoms with Crippen LogP contribution in [-0.2, 0) is 4.79 Å². The highest BCUT2D eigenvalue weighted by Gasteiger charge is 2.11. The predicted molar refractivity (Wildman–Crippen MR) is 88.5 cm³/mol. The number of benzene rings is 1. The Hall–Kier alpha value is -1.47. The van der Waals surface area contributed by atoms with E-state index in [1.165, 1.54) is 11.8 Å². The lowest BCUT2D eigenvalue weighted by Gasteiger charge is -2.05. The van der Waals surface area contributed by atoms with Crippen LogP contribution in [0.4, 0.5) is 11.6 Å². The Morgan fingerprint density at radius 1 is 1.48 bits per heavy atom. The first-order chi connectivity index (χ1) is 9.95. The normalized spacial score (nSPS) is 10.9. The Bertz CT molecular complexity index is 643. The Kier molecular flexibility index (Phi) is 5.30. The fraction of sp³-hybridized carbons (Fsp3) is 0.286. The smallest absolute Gasteiger partial charge is 0.237 e. The largest absolute Gasteiger partial charge is 0.398 e. The number of nitrogens with one attached hydrogen (secondary N) is 1. The number of amides is 1. The number of thioether (sulfide) groups is 1. The SMILES string of the molecule is CC(C)c1cc(NC(=O)CSc2ccc(Br)cc2N)on1. The van der Waals surface area contributed by atoms with Gasteiger partial charge in [0.2, 0.25) is 11.8 Å². The molecule has 0 bridgehead atoms. The quantitative estimate of drug-likeness (QED) is 0.617. The fourth-order valence-electron chi connectivity index (χ4n) is 1.59. The summed E-state index contributed by atoms with van der Waals surface area (Å²) in [4.78, 5) is 12.7. The van der Waals surface area contributed by atoms with Gasteiger partial charge in [-0.05, 0) is 24.1 Å². The summed E-state index contributed by atoms with van der Waals surface area (Å²) in [5, 5.41) is 6.57. The van der Waals surface area contributed by atoms with Crippen molar-refractivity contribution in [2.24, 2.45) is 0 Å². The maximum absolute atomic E-state index is 11.9. The molecule has 0 fully saturated rings. The Morgan fingerprint density at radius 2 is 2.24 bits per heavy atom. The zero-order valence-electron chi connectivity index (χ0n) is 11.7. The van der Waals surface area contributed by atoms with Crippen molar-refractivity contribution in [2.45, 2.75) is 24.7 Å². The molecule has 1 aromatic carbocycles. The summed E-state index contributed by atoms with van der Waals surface area (Å²) >= 11 is 4.72. The van der Waals surface area contributed by atoms with Gasteiger partial charge in [0.1, 0.15) is 0 Å². The number of anilines is 2. The summed E-state index contributed by atoms with van der Waals surface area (Å²) in [5.74, 6) is 0.724. The molecule has 0 saturated carbocycles. The molecule has 0 aliphatic rings. The summed E-state index contributed by atoms with van der Waals surface area (Å²) in [6.07, 6.45) is 0. The highest BCUT2D eigenvalue weighted by atomic mass is 79.9. The molecular formula is C14H16BrN3O2S. The minimum atomic E-state index is -0.159. The monoisotopic (exact) mass is 369 g/mol. The second-order valence-corrected chi connectivity index (χ2v) is 6.72. The number of carbonyl (C=O) groups excluding carboxylic acids is 1. The molecule has 1 aromatic heterocycles. The molecule has 1 heterocycles. The van der Waals surface area contributed by atoms with Crippen molar-refractivity contribution >= 4 is 45.2 Å². The number of nitrogens with zero attached hydrogens (tertiary/aromatic N) is 1. The van der Waals surface area contributed by atoms with E-state index in [4.69, 9.17) is 10.3 Å². The van der Waals surface area contributed by atoms with Crippen molar-refractivity contribution in [1.29, 1.82) is 0 Å². The number of hydrogen-bond donors (Lipinski definition) is 2. The van der Waals surface area contributed by atoms with E-state index in [-0.39, 0.29) is 17.6 Å². The number of nitrogen functional groups attached to an aromatic ring is 1. The van der Waals surface area contributed by atoms with Crippen LogP contribution in [0.15, 0.2) is 38.2 Å². The van der Waals surface area contributed by atoms with Crippen molar-refractivity contribution in [3.8, 4) is 0 Å². The molecule has 0 radical (unpaired) electrons. The molecule has 112 valence electrons. The van der Waals surface area contributed by atoms with Crippen LogP contribution in [0, 0.1) is 0 Å². The zero-order valence-corrected chi connectivity index (χ0v) is 14.1. The van der Waals surface area contributed by atoms with Crippen LogP contribution < -0.4 is 11.1 Å². The number of carbonyl (C=O) groups is 1. The van der Waals surface area contributed by atoms with Gasteiger partial charge in [-0.15, -0.1) is 11.8 Å². The van der Waals surface area contributed by atoms with Crippen LogP contribution in [-0.4, -0.2) is 16.8 Å². The van der Waals surface area contributed by atoms with E-state index < -0.39 is 0 Å². The van der Waals surface area contributed by atoms with E-state index >= 15 is 0 Å². The van der Waals surface area contributed by atoms with Gasteiger partial charge in [-0.25, -0.2) is 0 Å². The summed E-state index contributed by atoms with van der Waals surface area (Å²) in [6, 6.07) is 7.32. The lowest BCUT2D eigenvalue weighted by molar-refractivity contribution is -0.113. The molecule has 1 amide bonds. The number of hydrogen-bond acceptors (Lipinski definition) is 5. The van der Waals surface area contributed by atoms with Crippen LogP contribution >= 0.6 is 27.7 Å².